The highest BCUT2D eigenvalue weighted by atomic mass is 16.5. The number of hydrogen-bond donors (Lipinski definition) is 1. The van der Waals surface area contributed by atoms with Crippen molar-refractivity contribution in [3.05, 3.63) is 11.8 Å². The number of hydrogen-bond acceptors (Lipinski definition) is 6. The molecule has 0 spiro atoms. The Balaban J connectivity index is 2.18. The maximum Gasteiger partial charge on any atom is 0.227 e. The molecule has 88 valence electrons. The molecule has 6 nitrogen and oxygen atoms in total. The highest BCUT2D eigenvalue weighted by Crippen LogP contribution is 2.13. The molecule has 1 aliphatic rings. The predicted molar refractivity (Wildman–Crippen MR) is 60.2 cm³/mol. The number of ether oxygens (including phenoxy) is 2. The predicted octanol–water partition coefficient (Wildman–Crippen LogP) is 0.0418. The maximum absolute atomic E-state index is 5.73. The second kappa shape index (κ2) is 5.09. The second-order valence-corrected chi connectivity index (χ2v) is 3.62. The van der Waals surface area contributed by atoms with E-state index in [0.29, 0.717) is 31.6 Å². The molecule has 0 unspecified atom stereocenters. The molecule has 1 aromatic rings. The fourth-order valence-corrected chi connectivity index (χ4v) is 1.63. The molecule has 0 saturated carbocycles. The Hall–Kier alpha value is -1.40. The van der Waals surface area contributed by atoms with Gasteiger partial charge in [0, 0.05) is 26.3 Å². The fourth-order valence-electron chi connectivity index (χ4n) is 1.63. The first-order valence-corrected chi connectivity index (χ1v) is 5.24. The van der Waals surface area contributed by atoms with Gasteiger partial charge < -0.3 is 20.1 Å². The summed E-state index contributed by atoms with van der Waals surface area (Å²) in [6.07, 6.45) is 0. The van der Waals surface area contributed by atoms with E-state index in [9.17, 15) is 0 Å². The fraction of sp³-hybridized carbons (Fsp3) is 0.600. The van der Waals surface area contributed by atoms with Crippen molar-refractivity contribution in [2.24, 2.45) is 0 Å². The molecular weight excluding hydrogens is 208 g/mol. The number of aromatic nitrogens is 2. The van der Waals surface area contributed by atoms with Crippen molar-refractivity contribution in [3.63, 3.8) is 0 Å². The molecule has 6 heteroatoms. The summed E-state index contributed by atoms with van der Waals surface area (Å²) >= 11 is 0. The SMILES string of the molecule is COCc1cc(N)nc(N2CCOCC2)n1. The summed E-state index contributed by atoms with van der Waals surface area (Å²) in [5.74, 6) is 1.14. The Labute approximate surface area is 94.4 Å². The molecule has 2 rings (SSSR count). The molecule has 1 fully saturated rings. The lowest BCUT2D eigenvalue weighted by atomic mass is 10.4. The van der Waals surface area contributed by atoms with E-state index in [4.69, 9.17) is 15.2 Å². The van der Waals surface area contributed by atoms with Crippen molar-refractivity contribution in [1.29, 1.82) is 0 Å². The zero-order valence-corrected chi connectivity index (χ0v) is 9.35. The van der Waals surface area contributed by atoms with Crippen LogP contribution in [0.1, 0.15) is 5.69 Å². The van der Waals surface area contributed by atoms with E-state index in [1.54, 1.807) is 13.2 Å². The molecule has 0 radical (unpaired) electrons. The summed E-state index contributed by atoms with van der Waals surface area (Å²) in [5, 5.41) is 0. The molecule has 0 aromatic carbocycles. The van der Waals surface area contributed by atoms with Gasteiger partial charge in [-0.2, -0.15) is 4.98 Å². The van der Waals surface area contributed by atoms with Crippen LogP contribution in [0.2, 0.25) is 0 Å². The molecule has 1 aromatic heterocycles. The molecule has 2 heterocycles. The topological polar surface area (TPSA) is 73.5 Å². The van der Waals surface area contributed by atoms with E-state index in [0.717, 1.165) is 18.8 Å². The summed E-state index contributed by atoms with van der Waals surface area (Å²) < 4.78 is 10.3. The van der Waals surface area contributed by atoms with Crippen molar-refractivity contribution in [2.75, 3.05) is 44.0 Å². The molecule has 0 amide bonds. The Morgan fingerprint density at radius 1 is 1.44 bits per heavy atom. The minimum atomic E-state index is 0.448. The standard InChI is InChI=1S/C10H16N4O2/c1-15-7-8-6-9(11)13-10(12-8)14-2-4-16-5-3-14/h6H,2-5,7H2,1H3,(H2,11,12,13). The van der Waals surface area contributed by atoms with Crippen molar-refractivity contribution in [2.45, 2.75) is 6.61 Å². The number of nitrogen functional groups attached to an aromatic ring is 1. The quantitative estimate of drug-likeness (QED) is 0.781. The van der Waals surface area contributed by atoms with Gasteiger partial charge in [0.25, 0.3) is 0 Å². The minimum absolute atomic E-state index is 0.448. The molecule has 2 N–H and O–H groups in total. The van der Waals surface area contributed by atoms with Crippen LogP contribution in [-0.4, -0.2) is 43.4 Å². The zero-order valence-electron chi connectivity index (χ0n) is 9.35. The summed E-state index contributed by atoms with van der Waals surface area (Å²) in [5.41, 5.74) is 6.53. The van der Waals surface area contributed by atoms with Gasteiger partial charge in [-0.3, -0.25) is 0 Å². The normalized spacial score (nSPS) is 16.4. The first-order valence-electron chi connectivity index (χ1n) is 5.24. The van der Waals surface area contributed by atoms with Crippen LogP contribution in [0, 0.1) is 0 Å². The Kier molecular flexibility index (Phi) is 3.53. The highest BCUT2D eigenvalue weighted by Gasteiger charge is 2.14. The van der Waals surface area contributed by atoms with Crippen LogP contribution in [0.3, 0.4) is 0 Å². The summed E-state index contributed by atoms with van der Waals surface area (Å²) in [6.45, 7) is 3.46. The summed E-state index contributed by atoms with van der Waals surface area (Å²) in [7, 11) is 1.63. The number of anilines is 2. The number of rotatable bonds is 3. The summed E-state index contributed by atoms with van der Waals surface area (Å²) in [4.78, 5) is 10.7. The molecular formula is C10H16N4O2. The van der Waals surface area contributed by atoms with Crippen molar-refractivity contribution in [1.82, 2.24) is 9.97 Å². The Bertz CT molecular complexity index is 353. The molecule has 0 aliphatic carbocycles. The van der Waals surface area contributed by atoms with Gasteiger partial charge in [0.05, 0.1) is 25.5 Å². The van der Waals surface area contributed by atoms with E-state index in [1.165, 1.54) is 0 Å². The van der Waals surface area contributed by atoms with Gasteiger partial charge in [0.2, 0.25) is 5.95 Å². The van der Waals surface area contributed by atoms with Crippen LogP contribution >= 0.6 is 0 Å². The third kappa shape index (κ3) is 2.59. The molecule has 1 aliphatic heterocycles. The lowest BCUT2D eigenvalue weighted by Crippen LogP contribution is -2.37. The first kappa shape index (κ1) is 11.1. The van der Waals surface area contributed by atoms with Crippen molar-refractivity contribution >= 4 is 11.8 Å². The van der Waals surface area contributed by atoms with Crippen molar-refractivity contribution in [3.8, 4) is 0 Å². The Morgan fingerprint density at radius 3 is 2.88 bits per heavy atom. The van der Waals surface area contributed by atoms with Crippen LogP contribution < -0.4 is 10.6 Å². The average molecular weight is 224 g/mol. The van der Waals surface area contributed by atoms with Gasteiger partial charge in [-0.25, -0.2) is 4.98 Å². The third-order valence-electron chi connectivity index (χ3n) is 2.37. The number of nitrogens with zero attached hydrogens (tertiary/aromatic N) is 3. The van der Waals surface area contributed by atoms with E-state index < -0.39 is 0 Å². The number of nitrogens with two attached hydrogens (primary N) is 1. The third-order valence-corrected chi connectivity index (χ3v) is 2.37. The van der Waals surface area contributed by atoms with Crippen LogP contribution in [0.25, 0.3) is 0 Å². The van der Waals surface area contributed by atoms with E-state index in [1.807, 2.05) is 0 Å². The van der Waals surface area contributed by atoms with Crippen molar-refractivity contribution < 1.29 is 9.47 Å². The van der Waals surface area contributed by atoms with Crippen LogP contribution in [0.4, 0.5) is 11.8 Å². The van der Waals surface area contributed by atoms with Gasteiger partial charge >= 0.3 is 0 Å². The monoisotopic (exact) mass is 224 g/mol. The lowest BCUT2D eigenvalue weighted by Gasteiger charge is -2.27. The van der Waals surface area contributed by atoms with E-state index in [2.05, 4.69) is 14.9 Å². The average Bonchev–Trinajstić information content (AvgIpc) is 2.30. The van der Waals surface area contributed by atoms with Crippen LogP contribution in [-0.2, 0) is 16.1 Å². The maximum atomic E-state index is 5.73. The molecule has 0 atom stereocenters. The van der Waals surface area contributed by atoms with Crippen LogP contribution in [0.5, 0.6) is 0 Å². The lowest BCUT2D eigenvalue weighted by molar-refractivity contribution is 0.122. The van der Waals surface area contributed by atoms with Gasteiger partial charge in [-0.15, -0.1) is 0 Å². The molecule has 1 saturated heterocycles. The van der Waals surface area contributed by atoms with Crippen LogP contribution in [0.15, 0.2) is 6.07 Å². The van der Waals surface area contributed by atoms with Gasteiger partial charge in [-0.05, 0) is 0 Å². The van der Waals surface area contributed by atoms with E-state index in [-0.39, 0.29) is 0 Å². The number of morpholine rings is 1. The molecule has 16 heavy (non-hydrogen) atoms. The highest BCUT2D eigenvalue weighted by molar-refractivity contribution is 5.40. The molecule has 0 bridgehead atoms. The minimum Gasteiger partial charge on any atom is -0.384 e. The smallest absolute Gasteiger partial charge is 0.227 e. The van der Waals surface area contributed by atoms with Gasteiger partial charge in [0.1, 0.15) is 5.82 Å². The summed E-state index contributed by atoms with van der Waals surface area (Å²) in [6, 6.07) is 1.73. The first-order chi connectivity index (χ1) is 7.79. The van der Waals surface area contributed by atoms with Gasteiger partial charge in [0.15, 0.2) is 0 Å². The zero-order chi connectivity index (χ0) is 11.4. The Morgan fingerprint density at radius 2 is 2.19 bits per heavy atom. The van der Waals surface area contributed by atoms with E-state index >= 15 is 0 Å². The largest absolute Gasteiger partial charge is 0.384 e. The van der Waals surface area contributed by atoms with Gasteiger partial charge in [-0.1, -0.05) is 0 Å². The second-order valence-electron chi connectivity index (χ2n) is 3.62. The number of methoxy groups -OCH3 is 1.